The fourth-order valence-electron chi connectivity index (χ4n) is 2.11. The second-order valence-corrected chi connectivity index (χ2v) is 4.02. The van der Waals surface area contributed by atoms with Crippen LogP contribution in [0.4, 0.5) is 0 Å². The zero-order chi connectivity index (χ0) is 10.6. The predicted octanol–water partition coefficient (Wildman–Crippen LogP) is 1.88. The van der Waals surface area contributed by atoms with Gasteiger partial charge < -0.3 is 10.3 Å². The molecule has 0 radical (unpaired) electrons. The predicted molar refractivity (Wildman–Crippen MR) is 52.2 cm³/mol. The number of nitrogens with zero attached hydrogens (tertiary/aromatic N) is 1. The van der Waals surface area contributed by atoms with Gasteiger partial charge >= 0.3 is 5.97 Å². The molecule has 0 aromatic heterocycles. The lowest BCUT2D eigenvalue weighted by Crippen LogP contribution is -2.48. The number of hydroxylamine groups is 2. The van der Waals surface area contributed by atoms with E-state index >= 15 is 0 Å². The molecule has 1 heterocycles. The van der Waals surface area contributed by atoms with Crippen molar-refractivity contribution in [1.82, 2.24) is 5.06 Å². The second-order valence-electron chi connectivity index (χ2n) is 4.02. The smallest absolute Gasteiger partial charge is 0.326 e. The summed E-state index contributed by atoms with van der Waals surface area (Å²) in [5, 5.41) is 19.7. The van der Waals surface area contributed by atoms with Crippen LogP contribution in [0.1, 0.15) is 45.4 Å². The third-order valence-electron chi connectivity index (χ3n) is 3.05. The van der Waals surface area contributed by atoms with Gasteiger partial charge in [-0.2, -0.15) is 5.06 Å². The van der Waals surface area contributed by atoms with Gasteiger partial charge in [0, 0.05) is 6.54 Å². The zero-order valence-electron chi connectivity index (χ0n) is 8.70. The third-order valence-corrected chi connectivity index (χ3v) is 3.05. The minimum Gasteiger partial charge on any atom is -0.480 e. The van der Waals surface area contributed by atoms with Gasteiger partial charge in [-0.25, -0.2) is 0 Å². The van der Waals surface area contributed by atoms with Gasteiger partial charge in [0.1, 0.15) is 5.54 Å². The average Bonchev–Trinajstić information content (AvgIpc) is 2.49. The molecular weight excluding hydrogens is 182 g/mol. The Morgan fingerprint density at radius 2 is 2.21 bits per heavy atom. The molecule has 1 fully saturated rings. The maximum atomic E-state index is 11.1. The lowest BCUT2D eigenvalue weighted by molar-refractivity contribution is -0.186. The first-order valence-electron chi connectivity index (χ1n) is 5.33. The molecule has 0 aromatic rings. The van der Waals surface area contributed by atoms with E-state index < -0.39 is 11.5 Å². The Bertz CT molecular complexity index is 208. The van der Waals surface area contributed by atoms with Crippen LogP contribution in [0, 0.1) is 0 Å². The molecule has 0 saturated carbocycles. The number of unbranched alkanes of at least 4 members (excludes halogenated alkanes) is 2. The van der Waals surface area contributed by atoms with Gasteiger partial charge in [0.05, 0.1) is 0 Å². The third kappa shape index (κ3) is 2.07. The number of hydrogen-bond donors (Lipinski definition) is 2. The van der Waals surface area contributed by atoms with Gasteiger partial charge in [-0.05, 0) is 19.3 Å². The van der Waals surface area contributed by atoms with Crippen molar-refractivity contribution in [2.45, 2.75) is 51.0 Å². The number of carbonyl (C=O) groups is 1. The van der Waals surface area contributed by atoms with Crippen LogP contribution in [-0.2, 0) is 4.79 Å². The Hall–Kier alpha value is -0.610. The molecule has 0 bridgehead atoms. The van der Waals surface area contributed by atoms with E-state index in [9.17, 15) is 10.0 Å². The molecule has 0 unspecified atom stereocenters. The highest BCUT2D eigenvalue weighted by molar-refractivity contribution is 5.78. The van der Waals surface area contributed by atoms with Crippen LogP contribution >= 0.6 is 0 Å². The molecule has 1 atom stereocenters. The van der Waals surface area contributed by atoms with Crippen molar-refractivity contribution < 1.29 is 15.1 Å². The standard InChI is InChI=1S/C10H19NO3/c1-2-3-4-6-10(9(12)13)7-5-8-11(10)14/h14H,2-8H2,1H3,(H,12,13)/t10-/m0/s1. The molecule has 82 valence electrons. The highest BCUT2D eigenvalue weighted by Gasteiger charge is 2.46. The van der Waals surface area contributed by atoms with Crippen LogP contribution < -0.4 is 0 Å². The number of carboxylic acids is 1. The zero-order valence-corrected chi connectivity index (χ0v) is 8.70. The maximum Gasteiger partial charge on any atom is 0.326 e. The highest BCUT2D eigenvalue weighted by Crippen LogP contribution is 2.32. The minimum absolute atomic E-state index is 0.485. The minimum atomic E-state index is -0.991. The van der Waals surface area contributed by atoms with Crippen LogP contribution in [0.3, 0.4) is 0 Å². The van der Waals surface area contributed by atoms with E-state index in [2.05, 4.69) is 6.92 Å². The van der Waals surface area contributed by atoms with Gasteiger partial charge in [-0.1, -0.05) is 26.2 Å². The number of rotatable bonds is 5. The van der Waals surface area contributed by atoms with E-state index in [1.807, 2.05) is 0 Å². The van der Waals surface area contributed by atoms with Crippen LogP contribution in [0.25, 0.3) is 0 Å². The summed E-state index contributed by atoms with van der Waals surface area (Å²) in [4.78, 5) is 11.1. The molecule has 1 saturated heterocycles. The summed E-state index contributed by atoms with van der Waals surface area (Å²) in [5.41, 5.74) is -0.991. The SMILES string of the molecule is CCCCC[C@@]1(C(=O)O)CCCN1O. The van der Waals surface area contributed by atoms with E-state index in [1.165, 1.54) is 0 Å². The van der Waals surface area contributed by atoms with Crippen molar-refractivity contribution >= 4 is 5.97 Å². The first-order valence-corrected chi connectivity index (χ1v) is 5.33. The molecular formula is C10H19NO3. The van der Waals surface area contributed by atoms with Gasteiger partial charge in [0.25, 0.3) is 0 Å². The fourth-order valence-corrected chi connectivity index (χ4v) is 2.11. The molecule has 1 aliphatic rings. The Labute approximate surface area is 84.5 Å². The van der Waals surface area contributed by atoms with Crippen LogP contribution in [0.2, 0.25) is 0 Å². The Balaban J connectivity index is 2.58. The largest absolute Gasteiger partial charge is 0.480 e. The summed E-state index contributed by atoms with van der Waals surface area (Å²) in [5.74, 6) is -0.881. The molecule has 0 spiro atoms. The van der Waals surface area contributed by atoms with E-state index in [1.54, 1.807) is 0 Å². The average molecular weight is 201 g/mol. The lowest BCUT2D eigenvalue weighted by Gasteiger charge is -2.29. The van der Waals surface area contributed by atoms with Crippen molar-refractivity contribution in [2.24, 2.45) is 0 Å². The van der Waals surface area contributed by atoms with Crippen molar-refractivity contribution in [3.8, 4) is 0 Å². The summed E-state index contributed by atoms with van der Waals surface area (Å²) in [6, 6.07) is 0. The molecule has 4 heteroatoms. The highest BCUT2D eigenvalue weighted by atomic mass is 16.5. The fraction of sp³-hybridized carbons (Fsp3) is 0.900. The number of aliphatic carboxylic acids is 1. The Morgan fingerprint density at radius 3 is 2.64 bits per heavy atom. The van der Waals surface area contributed by atoms with Gasteiger partial charge in [-0.15, -0.1) is 0 Å². The molecule has 0 amide bonds. The maximum absolute atomic E-state index is 11.1. The number of hydrogen-bond acceptors (Lipinski definition) is 3. The first-order chi connectivity index (χ1) is 6.63. The van der Waals surface area contributed by atoms with Gasteiger partial charge in [0.15, 0.2) is 0 Å². The summed E-state index contributed by atoms with van der Waals surface area (Å²) in [6.07, 6.45) is 4.88. The van der Waals surface area contributed by atoms with Gasteiger partial charge in [-0.3, -0.25) is 4.79 Å². The second kappa shape index (κ2) is 4.75. The quantitative estimate of drug-likeness (QED) is 0.667. The Morgan fingerprint density at radius 1 is 1.50 bits per heavy atom. The molecule has 0 aliphatic carbocycles. The van der Waals surface area contributed by atoms with Crippen LogP contribution in [-0.4, -0.2) is 33.4 Å². The summed E-state index contributed by atoms with van der Waals surface area (Å²) >= 11 is 0. The summed E-state index contributed by atoms with van der Waals surface area (Å²) < 4.78 is 0. The van der Waals surface area contributed by atoms with Crippen molar-refractivity contribution in [1.29, 1.82) is 0 Å². The molecule has 4 nitrogen and oxygen atoms in total. The summed E-state index contributed by atoms with van der Waals surface area (Å²) in [7, 11) is 0. The molecule has 1 aliphatic heterocycles. The molecule has 14 heavy (non-hydrogen) atoms. The molecule has 1 rings (SSSR count). The monoisotopic (exact) mass is 201 g/mol. The van der Waals surface area contributed by atoms with E-state index in [0.29, 0.717) is 19.4 Å². The van der Waals surface area contributed by atoms with Crippen LogP contribution in [0.5, 0.6) is 0 Å². The first kappa shape index (κ1) is 11.5. The summed E-state index contributed by atoms with van der Waals surface area (Å²) in [6.45, 7) is 2.57. The van der Waals surface area contributed by atoms with Gasteiger partial charge in [0.2, 0.25) is 0 Å². The lowest BCUT2D eigenvalue weighted by atomic mass is 9.90. The van der Waals surface area contributed by atoms with Crippen molar-refractivity contribution in [3.63, 3.8) is 0 Å². The van der Waals surface area contributed by atoms with E-state index in [0.717, 1.165) is 30.7 Å². The van der Waals surface area contributed by atoms with E-state index in [-0.39, 0.29) is 0 Å². The van der Waals surface area contributed by atoms with E-state index in [4.69, 9.17) is 5.11 Å². The van der Waals surface area contributed by atoms with Crippen molar-refractivity contribution in [2.75, 3.05) is 6.54 Å². The van der Waals surface area contributed by atoms with Crippen LogP contribution in [0.15, 0.2) is 0 Å². The normalized spacial score (nSPS) is 28.1. The molecule has 2 N–H and O–H groups in total. The number of carboxylic acid groups (broad SMARTS) is 1. The molecule has 0 aromatic carbocycles. The topological polar surface area (TPSA) is 60.8 Å². The van der Waals surface area contributed by atoms with Crippen molar-refractivity contribution in [3.05, 3.63) is 0 Å². The Kier molecular flexibility index (Phi) is 3.89.